The first-order valence-corrected chi connectivity index (χ1v) is 10.7. The van der Waals surface area contributed by atoms with Gasteiger partial charge in [-0.25, -0.2) is 4.98 Å². The van der Waals surface area contributed by atoms with Gasteiger partial charge in [-0.1, -0.05) is 35.0 Å². The summed E-state index contributed by atoms with van der Waals surface area (Å²) >= 11 is 15.1. The number of thiazole rings is 1. The zero-order valence-electron chi connectivity index (χ0n) is 14.1. The van der Waals surface area contributed by atoms with E-state index in [0.29, 0.717) is 33.0 Å². The van der Waals surface area contributed by atoms with Gasteiger partial charge in [-0.05, 0) is 25.1 Å². The minimum Gasteiger partial charge on any atom is -0.302 e. The summed E-state index contributed by atoms with van der Waals surface area (Å²) in [6.07, 6.45) is 1.73. The molecule has 6 nitrogen and oxygen atoms in total. The monoisotopic (exact) mass is 437 g/mol. The number of nitrogens with zero attached hydrogens (tertiary/aromatic N) is 5. The highest BCUT2D eigenvalue weighted by atomic mass is 35.5. The van der Waals surface area contributed by atoms with Crippen LogP contribution in [0.3, 0.4) is 0 Å². The van der Waals surface area contributed by atoms with E-state index in [4.69, 9.17) is 23.2 Å². The van der Waals surface area contributed by atoms with Crippen molar-refractivity contribution in [3.63, 3.8) is 0 Å². The molecule has 3 aromatic heterocycles. The SMILES string of the molecule is CCn1c(SCc2cc(=O)n3ccsc3n2)nnc1-c1ccc(Cl)c(Cl)c1. The van der Waals surface area contributed by atoms with Gasteiger partial charge in [-0.3, -0.25) is 9.20 Å². The van der Waals surface area contributed by atoms with E-state index in [2.05, 4.69) is 15.2 Å². The lowest BCUT2D eigenvalue weighted by molar-refractivity contribution is 0.687. The van der Waals surface area contributed by atoms with Gasteiger partial charge in [0.2, 0.25) is 0 Å². The Bertz CT molecular complexity index is 1180. The van der Waals surface area contributed by atoms with Crippen LogP contribution in [-0.4, -0.2) is 24.1 Å². The van der Waals surface area contributed by atoms with Crippen LogP contribution in [0.4, 0.5) is 0 Å². The molecule has 0 saturated heterocycles. The molecule has 0 amide bonds. The molecular weight excluding hydrogens is 425 g/mol. The predicted octanol–water partition coefficient (Wildman–Crippen LogP) is 4.63. The van der Waals surface area contributed by atoms with Gasteiger partial charge < -0.3 is 4.57 Å². The van der Waals surface area contributed by atoms with Crippen molar-refractivity contribution in [1.82, 2.24) is 24.1 Å². The predicted molar refractivity (Wildman–Crippen MR) is 110 cm³/mol. The standard InChI is InChI=1S/C17H13Cl2N5OS2/c1-2-23-15(10-3-4-12(18)13(19)7-10)21-22-17(23)27-9-11-8-14(25)24-5-6-26-16(24)20-11/h3-8H,2,9H2,1H3. The van der Waals surface area contributed by atoms with Crippen LogP contribution < -0.4 is 5.56 Å². The van der Waals surface area contributed by atoms with Crippen LogP contribution in [0.1, 0.15) is 12.6 Å². The van der Waals surface area contributed by atoms with Crippen molar-refractivity contribution in [2.75, 3.05) is 0 Å². The number of fused-ring (bicyclic) bond motifs is 1. The normalized spacial score (nSPS) is 11.4. The summed E-state index contributed by atoms with van der Waals surface area (Å²) in [6, 6.07) is 6.95. The third-order valence-electron chi connectivity index (χ3n) is 3.92. The maximum Gasteiger partial charge on any atom is 0.258 e. The van der Waals surface area contributed by atoms with E-state index in [1.165, 1.54) is 27.5 Å². The zero-order chi connectivity index (χ0) is 19.0. The minimum atomic E-state index is -0.0784. The molecule has 0 radical (unpaired) electrons. The Balaban J connectivity index is 1.61. The van der Waals surface area contributed by atoms with Crippen LogP contribution in [0.2, 0.25) is 10.0 Å². The van der Waals surface area contributed by atoms with Crippen molar-refractivity contribution < 1.29 is 0 Å². The van der Waals surface area contributed by atoms with E-state index >= 15 is 0 Å². The molecule has 1 aromatic carbocycles. The maximum absolute atomic E-state index is 12.1. The Morgan fingerprint density at radius 3 is 2.81 bits per heavy atom. The third-order valence-corrected chi connectivity index (χ3v) is 6.41. The van der Waals surface area contributed by atoms with Crippen LogP contribution in [0.5, 0.6) is 0 Å². The Hall–Kier alpha value is -1.87. The molecule has 27 heavy (non-hydrogen) atoms. The molecule has 0 atom stereocenters. The second-order valence-electron chi connectivity index (χ2n) is 5.61. The molecule has 0 aliphatic rings. The minimum absolute atomic E-state index is 0.0784. The third kappa shape index (κ3) is 3.62. The number of thioether (sulfide) groups is 1. The molecule has 0 N–H and O–H groups in total. The second kappa shape index (κ2) is 7.63. The quantitative estimate of drug-likeness (QED) is 0.425. The first-order chi connectivity index (χ1) is 13.1. The summed E-state index contributed by atoms with van der Waals surface area (Å²) in [5, 5.41) is 12.2. The van der Waals surface area contributed by atoms with Gasteiger partial charge in [0.05, 0.1) is 15.7 Å². The Labute approximate surface area is 172 Å². The van der Waals surface area contributed by atoms with Gasteiger partial charge in [-0.15, -0.1) is 21.5 Å². The number of hydrogen-bond donors (Lipinski definition) is 0. The number of hydrogen-bond acceptors (Lipinski definition) is 6. The lowest BCUT2D eigenvalue weighted by Gasteiger charge is -2.08. The molecule has 3 heterocycles. The molecule has 0 aliphatic carbocycles. The lowest BCUT2D eigenvalue weighted by atomic mass is 10.2. The van der Waals surface area contributed by atoms with E-state index < -0.39 is 0 Å². The van der Waals surface area contributed by atoms with Crippen molar-refractivity contribution >= 4 is 51.3 Å². The maximum atomic E-state index is 12.1. The lowest BCUT2D eigenvalue weighted by Crippen LogP contribution is -2.12. The first-order valence-electron chi connectivity index (χ1n) is 8.04. The molecule has 0 bridgehead atoms. The zero-order valence-corrected chi connectivity index (χ0v) is 17.2. The summed E-state index contributed by atoms with van der Waals surface area (Å²) < 4.78 is 3.54. The Morgan fingerprint density at radius 1 is 1.19 bits per heavy atom. The van der Waals surface area contributed by atoms with Crippen LogP contribution in [0.25, 0.3) is 16.3 Å². The topological polar surface area (TPSA) is 65.1 Å². The van der Waals surface area contributed by atoms with Crippen molar-refractivity contribution in [3.05, 3.63) is 61.9 Å². The molecule has 0 unspecified atom stereocenters. The number of halogens is 2. The summed E-state index contributed by atoms with van der Waals surface area (Å²) in [4.78, 5) is 17.3. The van der Waals surface area contributed by atoms with Crippen LogP contribution in [0.15, 0.2) is 45.8 Å². The van der Waals surface area contributed by atoms with Crippen molar-refractivity contribution in [1.29, 1.82) is 0 Å². The number of rotatable bonds is 5. The van der Waals surface area contributed by atoms with E-state index in [1.807, 2.05) is 22.9 Å². The summed E-state index contributed by atoms with van der Waals surface area (Å²) in [6.45, 7) is 2.72. The fourth-order valence-corrected chi connectivity index (χ4v) is 4.56. The molecular formula is C17H13Cl2N5OS2. The van der Waals surface area contributed by atoms with E-state index in [0.717, 1.165) is 16.5 Å². The van der Waals surface area contributed by atoms with E-state index in [-0.39, 0.29) is 5.56 Å². The highest BCUT2D eigenvalue weighted by Crippen LogP contribution is 2.30. The fraction of sp³-hybridized carbons (Fsp3) is 0.176. The number of aromatic nitrogens is 5. The Morgan fingerprint density at radius 2 is 2.04 bits per heavy atom. The van der Waals surface area contributed by atoms with Gasteiger partial charge in [0.15, 0.2) is 15.9 Å². The van der Waals surface area contributed by atoms with Gasteiger partial charge in [0.25, 0.3) is 5.56 Å². The number of benzene rings is 1. The largest absolute Gasteiger partial charge is 0.302 e. The molecule has 0 aliphatic heterocycles. The van der Waals surface area contributed by atoms with Gasteiger partial charge >= 0.3 is 0 Å². The van der Waals surface area contributed by atoms with Gasteiger partial charge in [0.1, 0.15) is 0 Å². The summed E-state index contributed by atoms with van der Waals surface area (Å²) in [7, 11) is 0. The molecule has 0 fully saturated rings. The molecule has 138 valence electrons. The molecule has 0 spiro atoms. The molecule has 10 heteroatoms. The second-order valence-corrected chi connectivity index (χ2v) is 8.24. The smallest absolute Gasteiger partial charge is 0.258 e. The molecule has 0 saturated carbocycles. The van der Waals surface area contributed by atoms with Crippen LogP contribution in [0, 0.1) is 0 Å². The molecule has 4 aromatic rings. The summed E-state index contributed by atoms with van der Waals surface area (Å²) in [5.41, 5.74) is 1.49. The Kier molecular flexibility index (Phi) is 5.23. The highest BCUT2D eigenvalue weighted by molar-refractivity contribution is 7.98. The first kappa shape index (κ1) is 18.5. The van der Waals surface area contributed by atoms with E-state index in [1.54, 1.807) is 24.4 Å². The van der Waals surface area contributed by atoms with Crippen LogP contribution in [-0.2, 0) is 12.3 Å². The average Bonchev–Trinajstić information content (AvgIpc) is 3.29. The van der Waals surface area contributed by atoms with E-state index in [9.17, 15) is 4.79 Å². The van der Waals surface area contributed by atoms with Gasteiger partial charge in [0, 0.05) is 35.5 Å². The summed E-state index contributed by atoms with van der Waals surface area (Å²) in [5.74, 6) is 1.25. The fourth-order valence-electron chi connectivity index (χ4n) is 2.63. The van der Waals surface area contributed by atoms with Crippen LogP contribution >= 0.6 is 46.3 Å². The van der Waals surface area contributed by atoms with Crippen molar-refractivity contribution in [3.8, 4) is 11.4 Å². The van der Waals surface area contributed by atoms with Gasteiger partial charge in [-0.2, -0.15) is 0 Å². The average molecular weight is 438 g/mol. The van der Waals surface area contributed by atoms with Crippen molar-refractivity contribution in [2.45, 2.75) is 24.4 Å². The van der Waals surface area contributed by atoms with Crippen molar-refractivity contribution in [2.24, 2.45) is 0 Å². The molecule has 4 rings (SSSR count). The highest BCUT2D eigenvalue weighted by Gasteiger charge is 2.15.